The van der Waals surface area contributed by atoms with Gasteiger partial charge < -0.3 is 5.32 Å². The molecule has 1 aliphatic rings. The van der Waals surface area contributed by atoms with E-state index < -0.39 is 0 Å². The van der Waals surface area contributed by atoms with Crippen molar-refractivity contribution in [1.29, 1.82) is 0 Å². The summed E-state index contributed by atoms with van der Waals surface area (Å²) in [6.45, 7) is 7.84. The first-order valence-corrected chi connectivity index (χ1v) is 6.29. The third-order valence-electron chi connectivity index (χ3n) is 3.87. The molecule has 1 aliphatic heterocycles. The Bertz CT molecular complexity index is 334. The highest BCUT2D eigenvalue weighted by Crippen LogP contribution is 2.31. The van der Waals surface area contributed by atoms with Crippen molar-refractivity contribution in [3.63, 3.8) is 0 Å². The van der Waals surface area contributed by atoms with Crippen LogP contribution in [0.4, 0.5) is 0 Å². The van der Waals surface area contributed by atoms with Crippen molar-refractivity contribution in [2.45, 2.75) is 45.6 Å². The maximum absolute atomic E-state index is 4.38. The van der Waals surface area contributed by atoms with E-state index in [4.69, 9.17) is 0 Å². The Morgan fingerprint density at radius 2 is 2.25 bits per heavy atom. The van der Waals surface area contributed by atoms with Gasteiger partial charge in [0.25, 0.3) is 0 Å². The van der Waals surface area contributed by atoms with E-state index in [0.29, 0.717) is 11.5 Å². The fraction of sp³-hybridized carbons (Fsp3) is 0.643. The fourth-order valence-corrected chi connectivity index (χ4v) is 2.64. The molecular weight excluding hydrogens is 196 g/mol. The summed E-state index contributed by atoms with van der Waals surface area (Å²) < 4.78 is 0. The minimum absolute atomic E-state index is 0.303. The zero-order valence-corrected chi connectivity index (χ0v) is 10.6. The quantitative estimate of drug-likeness (QED) is 0.843. The van der Waals surface area contributed by atoms with E-state index in [1.54, 1.807) is 0 Å². The zero-order chi connectivity index (χ0) is 11.6. The molecule has 0 aliphatic carbocycles. The number of nitrogens with zero attached hydrogens (tertiary/aromatic N) is 1. The highest BCUT2D eigenvalue weighted by Gasteiger charge is 2.36. The van der Waals surface area contributed by atoms with Crippen molar-refractivity contribution in [3.05, 3.63) is 29.6 Å². The molecule has 16 heavy (non-hydrogen) atoms. The molecule has 1 saturated heterocycles. The van der Waals surface area contributed by atoms with Crippen molar-refractivity contribution < 1.29 is 0 Å². The minimum atomic E-state index is 0.303. The zero-order valence-electron chi connectivity index (χ0n) is 10.6. The van der Waals surface area contributed by atoms with E-state index in [1.807, 2.05) is 13.1 Å². The summed E-state index contributed by atoms with van der Waals surface area (Å²) >= 11 is 0. The summed E-state index contributed by atoms with van der Waals surface area (Å²) in [7, 11) is 0. The molecule has 0 radical (unpaired) electrons. The number of nitrogens with one attached hydrogen (secondary N) is 1. The second kappa shape index (κ2) is 4.54. The van der Waals surface area contributed by atoms with Crippen LogP contribution in [0.2, 0.25) is 0 Å². The van der Waals surface area contributed by atoms with Crippen molar-refractivity contribution in [2.75, 3.05) is 6.54 Å². The summed E-state index contributed by atoms with van der Waals surface area (Å²) in [6, 6.07) is 4.32. The number of hydrogen-bond donors (Lipinski definition) is 1. The van der Waals surface area contributed by atoms with Crippen LogP contribution in [0.3, 0.4) is 0 Å². The van der Waals surface area contributed by atoms with Crippen LogP contribution in [0.15, 0.2) is 18.3 Å². The van der Waals surface area contributed by atoms with Gasteiger partial charge in [0.05, 0.1) is 0 Å². The van der Waals surface area contributed by atoms with Gasteiger partial charge in [0.15, 0.2) is 0 Å². The van der Waals surface area contributed by atoms with Gasteiger partial charge >= 0.3 is 0 Å². The van der Waals surface area contributed by atoms with Gasteiger partial charge in [-0.25, -0.2) is 0 Å². The third-order valence-corrected chi connectivity index (χ3v) is 3.87. The monoisotopic (exact) mass is 218 g/mol. The molecule has 1 unspecified atom stereocenters. The molecule has 1 atom stereocenters. The van der Waals surface area contributed by atoms with Gasteiger partial charge in [0.2, 0.25) is 0 Å². The van der Waals surface area contributed by atoms with Gasteiger partial charge in [-0.2, -0.15) is 0 Å². The van der Waals surface area contributed by atoms with E-state index in [1.165, 1.54) is 18.4 Å². The van der Waals surface area contributed by atoms with Crippen molar-refractivity contribution in [2.24, 2.45) is 5.92 Å². The normalized spacial score (nSPS) is 25.2. The lowest BCUT2D eigenvalue weighted by Gasteiger charge is -2.34. The van der Waals surface area contributed by atoms with Crippen LogP contribution in [-0.4, -0.2) is 17.1 Å². The summed E-state index contributed by atoms with van der Waals surface area (Å²) in [5.41, 5.74) is 2.76. The standard InChI is InChI=1S/C14H22N2/c1-11(2)14(7-4-8-16-14)9-13-6-5-12(3)15-10-13/h5-6,10-11,16H,4,7-9H2,1-3H3. The molecule has 1 N–H and O–H groups in total. The molecule has 0 amide bonds. The average molecular weight is 218 g/mol. The number of pyridine rings is 1. The first-order chi connectivity index (χ1) is 7.62. The van der Waals surface area contributed by atoms with E-state index in [9.17, 15) is 0 Å². The molecular formula is C14H22N2. The molecule has 1 aromatic heterocycles. The summed E-state index contributed by atoms with van der Waals surface area (Å²) in [6.07, 6.45) is 5.73. The lowest BCUT2D eigenvalue weighted by atomic mass is 9.80. The minimum Gasteiger partial charge on any atom is -0.311 e. The molecule has 88 valence electrons. The Labute approximate surface area is 98.5 Å². The number of rotatable bonds is 3. The van der Waals surface area contributed by atoms with E-state index in [2.05, 4.69) is 36.3 Å². The van der Waals surface area contributed by atoms with Gasteiger partial charge in [-0.15, -0.1) is 0 Å². The maximum Gasteiger partial charge on any atom is 0.0372 e. The highest BCUT2D eigenvalue weighted by molar-refractivity contribution is 5.17. The van der Waals surface area contributed by atoms with Crippen LogP contribution in [0.5, 0.6) is 0 Å². The molecule has 2 rings (SSSR count). The predicted molar refractivity (Wildman–Crippen MR) is 67.5 cm³/mol. The van der Waals surface area contributed by atoms with E-state index in [0.717, 1.165) is 18.7 Å². The second-order valence-corrected chi connectivity index (χ2v) is 5.33. The van der Waals surface area contributed by atoms with Gasteiger partial charge in [-0.3, -0.25) is 4.98 Å². The topological polar surface area (TPSA) is 24.9 Å². The van der Waals surface area contributed by atoms with Crippen molar-refractivity contribution >= 4 is 0 Å². The van der Waals surface area contributed by atoms with Gasteiger partial charge in [-0.05, 0) is 50.3 Å². The largest absolute Gasteiger partial charge is 0.311 e. The highest BCUT2D eigenvalue weighted by atomic mass is 15.0. The molecule has 0 saturated carbocycles. The molecule has 0 spiro atoms. The van der Waals surface area contributed by atoms with Crippen molar-refractivity contribution in [3.8, 4) is 0 Å². The predicted octanol–water partition coefficient (Wildman–Crippen LogP) is 2.71. The Hall–Kier alpha value is -0.890. The number of aryl methyl sites for hydroxylation is 1. The summed E-state index contributed by atoms with van der Waals surface area (Å²) in [5.74, 6) is 0.677. The molecule has 1 aromatic rings. The Balaban J connectivity index is 2.14. The van der Waals surface area contributed by atoms with Crippen LogP contribution < -0.4 is 5.32 Å². The lowest BCUT2D eigenvalue weighted by molar-refractivity contribution is 0.269. The molecule has 1 fully saturated rings. The van der Waals surface area contributed by atoms with Gasteiger partial charge in [0.1, 0.15) is 0 Å². The van der Waals surface area contributed by atoms with Gasteiger partial charge in [-0.1, -0.05) is 19.9 Å². The van der Waals surface area contributed by atoms with E-state index in [-0.39, 0.29) is 0 Å². The van der Waals surface area contributed by atoms with E-state index >= 15 is 0 Å². The summed E-state index contributed by atoms with van der Waals surface area (Å²) in [4.78, 5) is 4.38. The molecule has 2 heterocycles. The molecule has 0 bridgehead atoms. The molecule has 2 nitrogen and oxygen atoms in total. The first kappa shape index (κ1) is 11.6. The van der Waals surface area contributed by atoms with Crippen molar-refractivity contribution in [1.82, 2.24) is 10.3 Å². The van der Waals surface area contributed by atoms with Crippen LogP contribution in [0, 0.1) is 12.8 Å². The first-order valence-electron chi connectivity index (χ1n) is 6.29. The maximum atomic E-state index is 4.38. The smallest absolute Gasteiger partial charge is 0.0372 e. The molecule has 0 aromatic carbocycles. The van der Waals surface area contributed by atoms with Crippen LogP contribution >= 0.6 is 0 Å². The Kier molecular flexibility index (Phi) is 3.29. The lowest BCUT2D eigenvalue weighted by Crippen LogP contribution is -2.46. The molecule has 2 heteroatoms. The number of aromatic nitrogens is 1. The Morgan fingerprint density at radius 1 is 1.44 bits per heavy atom. The van der Waals surface area contributed by atoms with Crippen LogP contribution in [0.25, 0.3) is 0 Å². The fourth-order valence-electron chi connectivity index (χ4n) is 2.64. The van der Waals surface area contributed by atoms with Gasteiger partial charge in [0, 0.05) is 17.4 Å². The SMILES string of the molecule is Cc1ccc(CC2(C(C)C)CCCN2)cn1. The second-order valence-electron chi connectivity index (χ2n) is 5.33. The van der Waals surface area contributed by atoms with Crippen LogP contribution in [0.1, 0.15) is 37.9 Å². The number of hydrogen-bond acceptors (Lipinski definition) is 2. The Morgan fingerprint density at radius 3 is 2.75 bits per heavy atom. The van der Waals surface area contributed by atoms with Crippen LogP contribution in [-0.2, 0) is 6.42 Å². The third kappa shape index (κ3) is 2.27. The summed E-state index contributed by atoms with van der Waals surface area (Å²) in [5, 5.41) is 3.70. The average Bonchev–Trinajstić information content (AvgIpc) is 2.71.